The smallest absolute Gasteiger partial charge is 0.275 e. The molecule has 1 fully saturated rings. The standard InChI is InChI=1S/C14H21BrN4O2/c1-9-10(15)11(17-16-9)12(20)18-5-7-19(8-6-18)13(21)14(2,3)4/h5-8H2,1-4H3,(H,16,17). The van der Waals surface area contributed by atoms with Crippen LogP contribution in [0.3, 0.4) is 0 Å². The third-order valence-corrected chi connectivity index (χ3v) is 4.54. The topological polar surface area (TPSA) is 69.3 Å². The molecule has 2 amide bonds. The molecule has 116 valence electrons. The molecule has 1 saturated heterocycles. The lowest BCUT2D eigenvalue weighted by atomic mass is 9.94. The highest BCUT2D eigenvalue weighted by Crippen LogP contribution is 2.22. The number of H-pyrrole nitrogens is 1. The van der Waals surface area contributed by atoms with Crippen LogP contribution < -0.4 is 0 Å². The van der Waals surface area contributed by atoms with Crippen LogP contribution in [0.5, 0.6) is 0 Å². The highest BCUT2D eigenvalue weighted by atomic mass is 79.9. The molecular weight excluding hydrogens is 336 g/mol. The zero-order valence-electron chi connectivity index (χ0n) is 12.9. The molecule has 0 radical (unpaired) electrons. The fourth-order valence-electron chi connectivity index (χ4n) is 2.29. The van der Waals surface area contributed by atoms with Gasteiger partial charge in [0.05, 0.1) is 4.47 Å². The van der Waals surface area contributed by atoms with Crippen LogP contribution >= 0.6 is 15.9 Å². The van der Waals surface area contributed by atoms with Gasteiger partial charge < -0.3 is 9.80 Å². The van der Waals surface area contributed by atoms with Crippen LogP contribution in [-0.2, 0) is 4.79 Å². The Labute approximate surface area is 133 Å². The number of piperazine rings is 1. The van der Waals surface area contributed by atoms with Gasteiger partial charge in [0.25, 0.3) is 5.91 Å². The van der Waals surface area contributed by atoms with E-state index in [4.69, 9.17) is 0 Å². The largest absolute Gasteiger partial charge is 0.339 e. The summed E-state index contributed by atoms with van der Waals surface area (Å²) < 4.78 is 0.709. The number of halogens is 1. The van der Waals surface area contributed by atoms with Gasteiger partial charge in [-0.1, -0.05) is 20.8 Å². The second-order valence-electron chi connectivity index (χ2n) is 6.35. The summed E-state index contributed by atoms with van der Waals surface area (Å²) in [7, 11) is 0. The maximum absolute atomic E-state index is 12.4. The Morgan fingerprint density at radius 1 is 1.14 bits per heavy atom. The lowest BCUT2D eigenvalue weighted by molar-refractivity contribution is -0.140. The van der Waals surface area contributed by atoms with E-state index < -0.39 is 0 Å². The Morgan fingerprint density at radius 2 is 1.67 bits per heavy atom. The molecule has 2 heterocycles. The van der Waals surface area contributed by atoms with Crippen LogP contribution in [-0.4, -0.2) is 58.0 Å². The first-order valence-electron chi connectivity index (χ1n) is 7.01. The normalized spacial score (nSPS) is 16.2. The van der Waals surface area contributed by atoms with E-state index in [9.17, 15) is 9.59 Å². The number of rotatable bonds is 1. The number of carbonyl (C=O) groups excluding carboxylic acids is 2. The molecular formula is C14H21BrN4O2. The van der Waals surface area contributed by atoms with Crippen molar-refractivity contribution < 1.29 is 9.59 Å². The molecule has 0 spiro atoms. The molecule has 1 aromatic rings. The SMILES string of the molecule is Cc1[nH]nc(C(=O)N2CCN(C(=O)C(C)(C)C)CC2)c1Br. The van der Waals surface area contributed by atoms with Crippen LogP contribution in [0.4, 0.5) is 0 Å². The predicted octanol–water partition coefficient (Wildman–Crippen LogP) is 1.81. The number of aryl methyl sites for hydroxylation is 1. The van der Waals surface area contributed by atoms with Gasteiger partial charge in [-0.15, -0.1) is 0 Å². The van der Waals surface area contributed by atoms with Crippen LogP contribution in [0.15, 0.2) is 4.47 Å². The summed E-state index contributed by atoms with van der Waals surface area (Å²) in [5, 5.41) is 6.84. The summed E-state index contributed by atoms with van der Waals surface area (Å²) in [6, 6.07) is 0. The minimum atomic E-state index is -0.380. The van der Waals surface area contributed by atoms with Gasteiger partial charge in [-0.2, -0.15) is 5.10 Å². The Morgan fingerprint density at radius 3 is 2.10 bits per heavy atom. The summed E-state index contributed by atoms with van der Waals surface area (Å²) in [6.45, 7) is 9.82. The van der Waals surface area contributed by atoms with Gasteiger partial charge in [0.1, 0.15) is 0 Å². The van der Waals surface area contributed by atoms with Crippen molar-refractivity contribution in [3.05, 3.63) is 15.9 Å². The molecule has 0 aliphatic carbocycles. The molecule has 0 saturated carbocycles. The number of nitrogens with zero attached hydrogens (tertiary/aromatic N) is 3. The average molecular weight is 357 g/mol. The number of hydrogen-bond acceptors (Lipinski definition) is 3. The van der Waals surface area contributed by atoms with E-state index in [0.29, 0.717) is 36.3 Å². The number of amides is 2. The number of aromatic amines is 1. The third-order valence-electron chi connectivity index (χ3n) is 3.57. The van der Waals surface area contributed by atoms with E-state index in [-0.39, 0.29) is 17.2 Å². The highest BCUT2D eigenvalue weighted by Gasteiger charge is 2.32. The highest BCUT2D eigenvalue weighted by molar-refractivity contribution is 9.10. The fourth-order valence-corrected chi connectivity index (χ4v) is 2.64. The molecule has 2 rings (SSSR count). The van der Waals surface area contributed by atoms with Crippen molar-refractivity contribution >= 4 is 27.7 Å². The zero-order valence-corrected chi connectivity index (χ0v) is 14.5. The van der Waals surface area contributed by atoms with Gasteiger partial charge in [-0.3, -0.25) is 14.7 Å². The summed E-state index contributed by atoms with van der Waals surface area (Å²) in [5.41, 5.74) is 0.858. The van der Waals surface area contributed by atoms with E-state index in [2.05, 4.69) is 26.1 Å². The molecule has 7 heteroatoms. The Hall–Kier alpha value is -1.37. The van der Waals surface area contributed by atoms with Crippen molar-refractivity contribution in [1.29, 1.82) is 0 Å². The zero-order chi connectivity index (χ0) is 15.8. The van der Waals surface area contributed by atoms with Crippen molar-refractivity contribution in [1.82, 2.24) is 20.0 Å². The van der Waals surface area contributed by atoms with Crippen LogP contribution in [0.25, 0.3) is 0 Å². The second kappa shape index (κ2) is 5.79. The van der Waals surface area contributed by atoms with E-state index in [1.165, 1.54) is 0 Å². The quantitative estimate of drug-likeness (QED) is 0.834. The molecule has 1 N–H and O–H groups in total. The first kappa shape index (κ1) is 16.0. The second-order valence-corrected chi connectivity index (χ2v) is 7.14. The van der Waals surface area contributed by atoms with E-state index in [1.54, 1.807) is 4.90 Å². The summed E-state index contributed by atoms with van der Waals surface area (Å²) in [6.07, 6.45) is 0. The monoisotopic (exact) mass is 356 g/mol. The number of carbonyl (C=O) groups is 2. The minimum Gasteiger partial charge on any atom is -0.339 e. The molecule has 1 aromatic heterocycles. The predicted molar refractivity (Wildman–Crippen MR) is 83.0 cm³/mol. The number of aromatic nitrogens is 2. The van der Waals surface area contributed by atoms with Crippen molar-refractivity contribution in [3.63, 3.8) is 0 Å². The van der Waals surface area contributed by atoms with Gasteiger partial charge in [0.2, 0.25) is 5.91 Å². The first-order valence-corrected chi connectivity index (χ1v) is 7.80. The number of nitrogens with one attached hydrogen (secondary N) is 1. The molecule has 0 bridgehead atoms. The van der Waals surface area contributed by atoms with Crippen LogP contribution in [0.2, 0.25) is 0 Å². The van der Waals surface area contributed by atoms with Gasteiger partial charge in [0.15, 0.2) is 5.69 Å². The molecule has 6 nitrogen and oxygen atoms in total. The van der Waals surface area contributed by atoms with Crippen molar-refractivity contribution in [2.45, 2.75) is 27.7 Å². The van der Waals surface area contributed by atoms with E-state index >= 15 is 0 Å². The minimum absolute atomic E-state index is 0.103. The molecule has 0 atom stereocenters. The molecule has 0 aromatic carbocycles. The average Bonchev–Trinajstić information content (AvgIpc) is 2.77. The lowest BCUT2D eigenvalue weighted by Crippen LogP contribution is -2.53. The fraction of sp³-hybridized carbons (Fsp3) is 0.643. The van der Waals surface area contributed by atoms with Gasteiger partial charge in [-0.25, -0.2) is 0 Å². The molecule has 21 heavy (non-hydrogen) atoms. The van der Waals surface area contributed by atoms with Crippen LogP contribution in [0, 0.1) is 12.3 Å². The van der Waals surface area contributed by atoms with Crippen molar-refractivity contribution in [2.24, 2.45) is 5.41 Å². The molecule has 1 aliphatic rings. The summed E-state index contributed by atoms with van der Waals surface area (Å²) >= 11 is 3.37. The van der Waals surface area contributed by atoms with E-state index in [0.717, 1.165) is 5.69 Å². The third kappa shape index (κ3) is 3.28. The van der Waals surface area contributed by atoms with Crippen LogP contribution in [0.1, 0.15) is 37.0 Å². The first-order chi connectivity index (χ1) is 9.71. The number of hydrogen-bond donors (Lipinski definition) is 1. The Kier molecular flexibility index (Phi) is 4.41. The Balaban J connectivity index is 2.00. The molecule has 1 aliphatic heterocycles. The Bertz CT molecular complexity index is 554. The summed E-state index contributed by atoms with van der Waals surface area (Å²) in [5.74, 6) is 0.0282. The summed E-state index contributed by atoms with van der Waals surface area (Å²) in [4.78, 5) is 28.2. The van der Waals surface area contributed by atoms with Gasteiger partial charge >= 0.3 is 0 Å². The molecule has 0 unspecified atom stereocenters. The maximum Gasteiger partial charge on any atom is 0.275 e. The lowest BCUT2D eigenvalue weighted by Gasteiger charge is -2.37. The maximum atomic E-state index is 12.4. The van der Waals surface area contributed by atoms with Crippen molar-refractivity contribution in [3.8, 4) is 0 Å². The van der Waals surface area contributed by atoms with Gasteiger partial charge in [-0.05, 0) is 22.9 Å². The van der Waals surface area contributed by atoms with Gasteiger partial charge in [0, 0.05) is 37.3 Å². The van der Waals surface area contributed by atoms with Crippen molar-refractivity contribution in [2.75, 3.05) is 26.2 Å². The van der Waals surface area contributed by atoms with E-state index in [1.807, 2.05) is 32.6 Å².